The molecule has 0 radical (unpaired) electrons. The maximum absolute atomic E-state index is 15.5. The molecular weight excluding hydrogens is 1000 g/mol. The highest BCUT2D eigenvalue weighted by Crippen LogP contribution is 2.31. The van der Waals surface area contributed by atoms with Crippen LogP contribution < -0.4 is 21.3 Å². The molecule has 5 N–H and O–H groups in total. The van der Waals surface area contributed by atoms with Gasteiger partial charge in [0, 0.05) is 49.4 Å². The van der Waals surface area contributed by atoms with Crippen LogP contribution in [0, 0.1) is 23.7 Å². The molecule has 5 aromatic rings. The second kappa shape index (κ2) is 26.5. The van der Waals surface area contributed by atoms with Gasteiger partial charge < -0.3 is 55.0 Å². The van der Waals surface area contributed by atoms with Gasteiger partial charge in [0.2, 0.25) is 17.7 Å². The number of nitrogens with zero attached hydrogens (tertiary/aromatic N) is 7. The number of β-amino-alcohol motifs (C(OH)–C–C–N with tert-alkyl or cyclic N) is 1. The normalized spacial score (nSPS) is 16.5. The fraction of sp³-hybridized carbons (Fsp3) is 0.528. The summed E-state index contributed by atoms with van der Waals surface area (Å²) in [6, 6.07) is 11.6. The summed E-state index contributed by atoms with van der Waals surface area (Å²) >= 11 is 1.56. The second-order valence-corrected chi connectivity index (χ2v) is 21.1. The van der Waals surface area contributed by atoms with E-state index in [-0.39, 0.29) is 103 Å². The van der Waals surface area contributed by atoms with E-state index in [0.717, 1.165) is 34.5 Å². The predicted octanol–water partition coefficient (Wildman–Crippen LogP) is 4.43. The number of nitrogens with one attached hydrogen (secondary N) is 4. The van der Waals surface area contributed by atoms with Crippen molar-refractivity contribution in [2.24, 2.45) is 5.41 Å². The Labute approximate surface area is 445 Å². The van der Waals surface area contributed by atoms with Gasteiger partial charge in [-0.3, -0.25) is 19.2 Å². The first-order valence-corrected chi connectivity index (χ1v) is 26.2. The maximum atomic E-state index is 15.5. The molecule has 1 aliphatic carbocycles. The number of carbonyl (C=O) groups is 4. The second-order valence-electron chi connectivity index (χ2n) is 20.3. The van der Waals surface area contributed by atoms with Crippen molar-refractivity contribution in [1.82, 2.24) is 45.6 Å². The Kier molecular flexibility index (Phi) is 19.9. The summed E-state index contributed by atoms with van der Waals surface area (Å²) < 4.78 is 45.0. The third-order valence-electron chi connectivity index (χ3n) is 12.8. The molecule has 4 aromatic heterocycles. The van der Waals surface area contributed by atoms with E-state index in [9.17, 15) is 29.5 Å². The van der Waals surface area contributed by atoms with Crippen LogP contribution in [0.3, 0.4) is 0 Å². The Balaban J connectivity index is 0.724. The SMILES string of the molecule is Cc1ncsc1-c1ccc(CNC(=O)C2C[C@@H](O)CN2C(=O)[C@@H](NC(=O)COCCOCCOCCOCCOC(C)(C)C(F)CNC(=O)c2cnc(-n3ncc4cc(C#N)cnc43)cc2NC2CC2)C(C)(C)C)cc1. The Morgan fingerprint density at radius 1 is 0.895 bits per heavy atom. The zero-order chi connectivity index (χ0) is 54.4. The molecule has 7 rings (SSSR count). The Morgan fingerprint density at radius 2 is 1.58 bits per heavy atom. The third-order valence-corrected chi connectivity index (χ3v) is 13.8. The van der Waals surface area contributed by atoms with Gasteiger partial charge in [-0.1, -0.05) is 45.0 Å². The number of thiazole rings is 1. The highest BCUT2D eigenvalue weighted by Gasteiger charge is 2.44. The quantitative estimate of drug-likeness (QED) is 0.0434. The summed E-state index contributed by atoms with van der Waals surface area (Å²) in [7, 11) is 0. The average Bonchev–Trinajstić information content (AvgIpc) is 3.73. The molecule has 1 saturated heterocycles. The number of carbonyl (C=O) groups excluding carboxylic acids is 4. The van der Waals surface area contributed by atoms with E-state index in [1.807, 2.05) is 52.0 Å². The zero-order valence-electron chi connectivity index (χ0n) is 43.8. The molecule has 76 heavy (non-hydrogen) atoms. The van der Waals surface area contributed by atoms with Crippen molar-refractivity contribution in [3.63, 3.8) is 0 Å². The molecule has 1 saturated carbocycles. The van der Waals surface area contributed by atoms with E-state index < -0.39 is 53.1 Å². The van der Waals surface area contributed by atoms with Gasteiger partial charge in [-0.2, -0.15) is 15.0 Å². The molecule has 4 amide bonds. The summed E-state index contributed by atoms with van der Waals surface area (Å²) in [5.41, 5.74) is 4.42. The van der Waals surface area contributed by atoms with Gasteiger partial charge in [0.1, 0.15) is 30.9 Å². The monoisotopic (exact) mass is 1070 g/mol. The van der Waals surface area contributed by atoms with Crippen molar-refractivity contribution < 1.29 is 52.4 Å². The number of nitriles is 1. The molecule has 5 heterocycles. The van der Waals surface area contributed by atoms with Gasteiger partial charge in [0.05, 0.1) is 110 Å². The minimum atomic E-state index is -1.54. The van der Waals surface area contributed by atoms with Crippen LogP contribution in [-0.4, -0.2) is 167 Å². The van der Waals surface area contributed by atoms with Crippen LogP contribution in [0.2, 0.25) is 0 Å². The number of hydrogen-bond acceptors (Lipinski definition) is 17. The molecule has 0 bridgehead atoms. The first-order valence-electron chi connectivity index (χ1n) is 25.3. The summed E-state index contributed by atoms with van der Waals surface area (Å²) in [5, 5.41) is 36.6. The number of hydrogen-bond donors (Lipinski definition) is 5. The van der Waals surface area contributed by atoms with Gasteiger partial charge in [0.25, 0.3) is 5.91 Å². The molecule has 1 aromatic carbocycles. The topological polar surface area (TPSA) is 266 Å². The van der Waals surface area contributed by atoms with Crippen molar-refractivity contribution in [3.8, 4) is 22.3 Å². The number of fused-ring (bicyclic) bond motifs is 1. The number of aliphatic hydroxyl groups excluding tert-OH is 1. The number of aromatic nitrogens is 5. The lowest BCUT2D eigenvalue weighted by Crippen LogP contribution is -2.58. The van der Waals surface area contributed by atoms with E-state index in [4.69, 9.17) is 23.7 Å². The standard InChI is InChI=1S/C53H68FN11O10S/c1-33-46(76-32-60-33)36-9-7-34(8-10-36)25-58-50(69)42-22-39(66)30-64(42)51(70)47(52(2,3)4)63-45(67)31-74-18-17-72-14-13-71-15-16-73-19-20-75-53(5,6)43(54)29-59-49(68)40-28-56-44(23-41(40)62-38-11-12-38)65-48-37(27-61-65)21-35(24-55)26-57-48/h7-10,21,23,26-28,32,38-39,42-43,47,66H,11-20,22,25,29-31H2,1-6H3,(H,56,62)(H,58,69)(H,59,68)(H,63,67)/t39-,42?,43?,47-/m1/s1. The van der Waals surface area contributed by atoms with Crippen molar-refractivity contribution >= 4 is 51.7 Å². The fourth-order valence-corrected chi connectivity index (χ4v) is 9.05. The van der Waals surface area contributed by atoms with E-state index in [1.54, 1.807) is 49.0 Å². The third kappa shape index (κ3) is 15.8. The number of likely N-dealkylation sites (tertiary alicyclic amines) is 1. The van der Waals surface area contributed by atoms with Crippen LogP contribution in [-0.2, 0) is 44.6 Å². The van der Waals surface area contributed by atoms with Gasteiger partial charge in [0.15, 0.2) is 11.5 Å². The molecule has 21 nitrogen and oxygen atoms in total. The van der Waals surface area contributed by atoms with Gasteiger partial charge in [-0.15, -0.1) is 11.3 Å². The van der Waals surface area contributed by atoms with Crippen LogP contribution in [0.25, 0.3) is 27.3 Å². The summed E-state index contributed by atoms with van der Waals surface area (Å²) in [5.74, 6) is -1.44. The Morgan fingerprint density at radius 3 is 2.22 bits per heavy atom. The first kappa shape index (κ1) is 57.2. The summed E-state index contributed by atoms with van der Waals surface area (Å²) in [6.45, 7) is 11.9. The number of anilines is 1. The lowest BCUT2D eigenvalue weighted by Gasteiger charge is -2.35. The molecule has 23 heteroatoms. The van der Waals surface area contributed by atoms with Gasteiger partial charge in [-0.25, -0.2) is 19.3 Å². The number of aryl methyl sites for hydroxylation is 1. The van der Waals surface area contributed by atoms with Crippen molar-refractivity contribution in [1.29, 1.82) is 5.26 Å². The van der Waals surface area contributed by atoms with Crippen LogP contribution in [0.4, 0.5) is 10.1 Å². The van der Waals surface area contributed by atoms with E-state index in [0.29, 0.717) is 28.1 Å². The molecule has 2 aliphatic rings. The molecule has 0 spiro atoms. The predicted molar refractivity (Wildman–Crippen MR) is 280 cm³/mol. The number of aliphatic hydroxyl groups is 1. The maximum Gasteiger partial charge on any atom is 0.255 e. The number of halogens is 1. The lowest BCUT2D eigenvalue weighted by atomic mass is 9.85. The largest absolute Gasteiger partial charge is 0.391 e. The van der Waals surface area contributed by atoms with Gasteiger partial charge in [-0.05, 0) is 56.2 Å². The van der Waals surface area contributed by atoms with Crippen LogP contribution in [0.15, 0.2) is 60.5 Å². The number of rotatable bonds is 28. The molecular formula is C53H68FN11O10S. The smallest absolute Gasteiger partial charge is 0.255 e. The first-order chi connectivity index (χ1) is 36.4. The number of benzene rings is 1. The minimum Gasteiger partial charge on any atom is -0.391 e. The molecule has 408 valence electrons. The minimum absolute atomic E-state index is 0.0365. The van der Waals surface area contributed by atoms with Crippen LogP contribution in [0.1, 0.15) is 81.1 Å². The Bertz CT molecular complexity index is 2810. The number of pyridine rings is 2. The van der Waals surface area contributed by atoms with Crippen molar-refractivity contribution in [2.45, 2.75) is 103 Å². The summed E-state index contributed by atoms with van der Waals surface area (Å²) in [6.07, 6.45) is 4.03. The van der Waals surface area contributed by atoms with Crippen molar-refractivity contribution in [3.05, 3.63) is 82.9 Å². The number of alkyl halides is 1. The highest BCUT2D eigenvalue weighted by molar-refractivity contribution is 7.13. The van der Waals surface area contributed by atoms with Crippen LogP contribution >= 0.6 is 11.3 Å². The van der Waals surface area contributed by atoms with E-state index in [2.05, 4.69) is 47.4 Å². The highest BCUT2D eigenvalue weighted by atomic mass is 32.1. The van der Waals surface area contributed by atoms with E-state index in [1.165, 1.54) is 22.0 Å². The number of amides is 4. The molecule has 2 fully saturated rings. The lowest BCUT2D eigenvalue weighted by molar-refractivity contribution is -0.144. The van der Waals surface area contributed by atoms with Crippen LogP contribution in [0.5, 0.6) is 0 Å². The average molecular weight is 1070 g/mol. The van der Waals surface area contributed by atoms with E-state index >= 15 is 4.39 Å². The Hall–Kier alpha value is -6.52. The molecule has 2 unspecified atom stereocenters. The number of ether oxygens (including phenoxy) is 5. The zero-order valence-corrected chi connectivity index (χ0v) is 44.6. The summed E-state index contributed by atoms with van der Waals surface area (Å²) in [4.78, 5) is 69.2. The molecule has 4 atom stereocenters. The fourth-order valence-electron chi connectivity index (χ4n) is 8.24. The molecule has 1 aliphatic heterocycles. The van der Waals surface area contributed by atoms with Gasteiger partial charge >= 0.3 is 0 Å². The van der Waals surface area contributed by atoms with Crippen molar-refractivity contribution in [2.75, 3.05) is 77.9 Å².